The summed E-state index contributed by atoms with van der Waals surface area (Å²) in [4.78, 5) is 23.2. The largest absolute Gasteiger partial charge is 0.346 e. The Bertz CT molecular complexity index is 1290. The van der Waals surface area contributed by atoms with Gasteiger partial charge in [0.2, 0.25) is 0 Å². The smallest absolute Gasteiger partial charge is 0.327 e. The summed E-state index contributed by atoms with van der Waals surface area (Å²) in [6, 6.07) is 5.96. The van der Waals surface area contributed by atoms with Gasteiger partial charge in [-0.3, -0.25) is 4.57 Å². The maximum atomic E-state index is 12.7. The molecule has 0 saturated carbocycles. The van der Waals surface area contributed by atoms with Crippen molar-refractivity contribution < 1.29 is 4.39 Å². The van der Waals surface area contributed by atoms with Gasteiger partial charge in [0.15, 0.2) is 5.65 Å². The van der Waals surface area contributed by atoms with E-state index in [0.29, 0.717) is 18.4 Å². The molecule has 0 fully saturated rings. The third-order valence-electron chi connectivity index (χ3n) is 4.59. The fourth-order valence-electron chi connectivity index (χ4n) is 2.96. The van der Waals surface area contributed by atoms with Gasteiger partial charge in [0, 0.05) is 29.5 Å². The molecule has 0 amide bonds. The second-order valence-corrected chi connectivity index (χ2v) is 7.97. The first kappa shape index (κ1) is 19.9. The number of nitrogens with zero attached hydrogens (tertiary/aromatic N) is 6. The zero-order chi connectivity index (χ0) is 21.1. The van der Waals surface area contributed by atoms with Gasteiger partial charge >= 0.3 is 5.69 Å². The van der Waals surface area contributed by atoms with E-state index in [1.807, 2.05) is 48.2 Å². The predicted molar refractivity (Wildman–Crippen MR) is 116 cm³/mol. The van der Waals surface area contributed by atoms with Crippen LogP contribution in [0.1, 0.15) is 15.3 Å². The lowest BCUT2D eigenvalue weighted by Crippen LogP contribution is -2.26. The Balaban J connectivity index is 1.46. The van der Waals surface area contributed by atoms with E-state index in [1.165, 1.54) is 15.6 Å². The second kappa shape index (κ2) is 8.56. The molecule has 4 aromatic heterocycles. The molecule has 4 rings (SSSR count). The number of halogens is 1. The van der Waals surface area contributed by atoms with Crippen molar-refractivity contribution in [3.8, 4) is 0 Å². The molecule has 0 bridgehead atoms. The van der Waals surface area contributed by atoms with Gasteiger partial charge < -0.3 is 10.3 Å². The molecule has 0 spiro atoms. The van der Waals surface area contributed by atoms with Crippen LogP contribution in [0.5, 0.6) is 0 Å². The third-order valence-corrected chi connectivity index (χ3v) is 5.62. The molecule has 0 saturated heterocycles. The molecular weight excluding hydrogens is 405 g/mol. The second-order valence-electron chi connectivity index (χ2n) is 6.77. The average Bonchev–Trinajstić information content (AvgIpc) is 3.46. The van der Waals surface area contributed by atoms with Gasteiger partial charge in [-0.2, -0.15) is 5.10 Å². The summed E-state index contributed by atoms with van der Waals surface area (Å²) in [5, 5.41) is 4.04. The molecule has 0 aliphatic heterocycles. The van der Waals surface area contributed by atoms with E-state index in [1.54, 1.807) is 17.7 Å². The van der Waals surface area contributed by atoms with Crippen molar-refractivity contribution >= 4 is 34.7 Å². The van der Waals surface area contributed by atoms with Crippen LogP contribution >= 0.6 is 11.3 Å². The Morgan fingerprint density at radius 3 is 2.93 bits per heavy atom. The van der Waals surface area contributed by atoms with Gasteiger partial charge in [-0.05, 0) is 35.4 Å². The van der Waals surface area contributed by atoms with Crippen LogP contribution in [0.15, 0.2) is 53.7 Å². The third kappa shape index (κ3) is 4.14. The molecule has 4 aromatic rings. The Labute approximate surface area is 175 Å². The minimum absolute atomic E-state index is 0.0409. The molecule has 10 heteroatoms. The summed E-state index contributed by atoms with van der Waals surface area (Å²) in [5.74, 6) is 0. The lowest BCUT2D eigenvalue weighted by molar-refractivity contribution is 0.604. The SMILES string of the molecule is Cn1cnc2cc(/C=C/c3ccc(Cn4cnn(C/C(=C/F)CN)c4=O)s3)cnc21. The standard InChI is InChI=1S/C20H20FN7OS/c1-26-12-24-18-6-14(9-23-19(18)26)2-3-16-4-5-17(30-16)11-27-13-25-28(20(27)29)10-15(7-21)8-22/h2-7,9,12-13H,8,10-11,22H2,1H3/b3-2+,15-7+. The predicted octanol–water partition coefficient (Wildman–Crippen LogP) is 2.42. The molecular formula is C20H20FN7OS. The van der Waals surface area contributed by atoms with Crippen LogP contribution in [0.25, 0.3) is 23.3 Å². The average molecular weight is 425 g/mol. The highest BCUT2D eigenvalue weighted by Crippen LogP contribution is 2.20. The van der Waals surface area contributed by atoms with Gasteiger partial charge in [-0.25, -0.2) is 23.8 Å². The first-order chi connectivity index (χ1) is 14.6. The molecule has 0 atom stereocenters. The van der Waals surface area contributed by atoms with Gasteiger partial charge in [0.25, 0.3) is 0 Å². The van der Waals surface area contributed by atoms with E-state index >= 15 is 0 Å². The summed E-state index contributed by atoms with van der Waals surface area (Å²) in [6.07, 6.45) is 9.42. The Hall–Kier alpha value is -3.37. The van der Waals surface area contributed by atoms with Crippen molar-refractivity contribution in [2.75, 3.05) is 6.54 Å². The molecule has 154 valence electrons. The lowest BCUT2D eigenvalue weighted by Gasteiger charge is -2.01. The molecule has 0 unspecified atom stereocenters. The number of hydrogen-bond donors (Lipinski definition) is 1. The van der Waals surface area contributed by atoms with Gasteiger partial charge in [0.1, 0.15) is 11.8 Å². The van der Waals surface area contributed by atoms with Gasteiger partial charge in [-0.15, -0.1) is 11.3 Å². The van der Waals surface area contributed by atoms with Crippen molar-refractivity contribution in [2.24, 2.45) is 12.8 Å². The fourth-order valence-corrected chi connectivity index (χ4v) is 3.88. The van der Waals surface area contributed by atoms with Gasteiger partial charge in [0.05, 0.1) is 25.7 Å². The summed E-state index contributed by atoms with van der Waals surface area (Å²) in [5.41, 5.74) is 8.11. The van der Waals surface area contributed by atoms with Crippen LogP contribution in [0.3, 0.4) is 0 Å². The lowest BCUT2D eigenvalue weighted by atomic mass is 10.2. The Kier molecular flexibility index (Phi) is 5.68. The molecule has 30 heavy (non-hydrogen) atoms. The van der Waals surface area contributed by atoms with Crippen LogP contribution in [0.2, 0.25) is 0 Å². The molecule has 0 aliphatic carbocycles. The van der Waals surface area contributed by atoms with E-state index < -0.39 is 0 Å². The number of thiophene rings is 1. The van der Waals surface area contributed by atoms with Crippen LogP contribution in [-0.2, 0) is 20.1 Å². The number of hydrogen-bond acceptors (Lipinski definition) is 6. The topological polar surface area (TPSA) is 96.5 Å². The number of rotatable bonds is 7. The minimum atomic E-state index is -0.303. The number of fused-ring (bicyclic) bond motifs is 1. The maximum Gasteiger partial charge on any atom is 0.346 e. The molecule has 2 N–H and O–H groups in total. The Morgan fingerprint density at radius 2 is 2.13 bits per heavy atom. The van der Waals surface area contributed by atoms with Crippen molar-refractivity contribution in [3.63, 3.8) is 0 Å². The molecule has 8 nitrogen and oxygen atoms in total. The van der Waals surface area contributed by atoms with Crippen molar-refractivity contribution in [1.29, 1.82) is 0 Å². The minimum Gasteiger partial charge on any atom is -0.327 e. The highest BCUT2D eigenvalue weighted by molar-refractivity contribution is 7.12. The van der Waals surface area contributed by atoms with Gasteiger partial charge in [-0.1, -0.05) is 6.08 Å². The molecule has 0 radical (unpaired) electrons. The summed E-state index contributed by atoms with van der Waals surface area (Å²) in [6.45, 7) is 0.487. The first-order valence-corrected chi connectivity index (χ1v) is 10.0. The quantitative estimate of drug-likeness (QED) is 0.491. The molecule has 0 aliphatic rings. The first-order valence-electron chi connectivity index (χ1n) is 9.21. The van der Waals surface area contributed by atoms with Crippen molar-refractivity contribution in [3.05, 3.63) is 74.8 Å². The summed E-state index contributed by atoms with van der Waals surface area (Å²) >= 11 is 1.58. The van der Waals surface area contributed by atoms with Crippen LogP contribution in [-0.4, -0.2) is 35.4 Å². The summed E-state index contributed by atoms with van der Waals surface area (Å²) < 4.78 is 17.3. The van der Waals surface area contributed by atoms with Crippen LogP contribution < -0.4 is 11.4 Å². The van der Waals surface area contributed by atoms with E-state index in [2.05, 4.69) is 15.1 Å². The van der Waals surface area contributed by atoms with Crippen molar-refractivity contribution in [2.45, 2.75) is 13.1 Å². The highest BCUT2D eigenvalue weighted by atomic mass is 32.1. The van der Waals surface area contributed by atoms with E-state index in [4.69, 9.17) is 5.73 Å². The van der Waals surface area contributed by atoms with Crippen molar-refractivity contribution in [1.82, 2.24) is 28.9 Å². The summed E-state index contributed by atoms with van der Waals surface area (Å²) in [7, 11) is 1.91. The molecule has 4 heterocycles. The Morgan fingerprint density at radius 1 is 1.27 bits per heavy atom. The number of pyridine rings is 1. The van der Waals surface area contributed by atoms with Crippen LogP contribution in [0, 0.1) is 0 Å². The fraction of sp³-hybridized carbons (Fsp3) is 0.200. The zero-order valence-corrected chi connectivity index (χ0v) is 17.1. The number of aryl methyl sites for hydroxylation is 1. The van der Waals surface area contributed by atoms with E-state index in [9.17, 15) is 9.18 Å². The zero-order valence-electron chi connectivity index (χ0n) is 16.3. The van der Waals surface area contributed by atoms with Crippen LogP contribution in [0.4, 0.5) is 4.39 Å². The highest BCUT2D eigenvalue weighted by Gasteiger charge is 2.08. The normalized spacial score (nSPS) is 12.4. The monoisotopic (exact) mass is 425 g/mol. The number of imidazole rings is 1. The van der Waals surface area contributed by atoms with E-state index in [0.717, 1.165) is 26.5 Å². The number of aromatic nitrogens is 6. The number of nitrogens with two attached hydrogens (primary N) is 1. The molecule has 0 aromatic carbocycles. The van der Waals surface area contributed by atoms with E-state index in [-0.39, 0.29) is 18.8 Å². The maximum absolute atomic E-state index is 12.7.